The number of carbonyl (C=O) groups excluding carboxylic acids is 1. The van der Waals surface area contributed by atoms with Crippen LogP contribution in [-0.4, -0.2) is 37.1 Å². The van der Waals surface area contributed by atoms with E-state index in [0.717, 1.165) is 32.2 Å². The summed E-state index contributed by atoms with van der Waals surface area (Å²) < 4.78 is 0. The van der Waals surface area contributed by atoms with Gasteiger partial charge in [0.2, 0.25) is 0 Å². The van der Waals surface area contributed by atoms with Crippen LogP contribution in [0, 0.1) is 0 Å². The monoisotopic (exact) mass is 199 g/mol. The normalized spacial score (nSPS) is 26.9. The van der Waals surface area contributed by atoms with E-state index in [1.54, 1.807) is 5.01 Å². The van der Waals surface area contributed by atoms with E-state index in [-0.39, 0.29) is 11.4 Å². The van der Waals surface area contributed by atoms with Gasteiger partial charge in [-0.25, -0.2) is 5.01 Å². The van der Waals surface area contributed by atoms with E-state index in [2.05, 4.69) is 17.7 Å². The maximum Gasteiger partial charge on any atom is 0.254 e. The van der Waals surface area contributed by atoms with Crippen LogP contribution in [0.2, 0.25) is 0 Å². The number of hydrogen-bond donors (Lipinski definition) is 2. The van der Waals surface area contributed by atoms with Gasteiger partial charge in [0.25, 0.3) is 5.91 Å². The minimum Gasteiger partial charge on any atom is -0.303 e. The molecule has 0 aromatic heterocycles. The number of carbonyl (C=O) groups is 1. The zero-order valence-corrected chi connectivity index (χ0v) is 9.39. The van der Waals surface area contributed by atoms with Crippen LogP contribution in [0.3, 0.4) is 0 Å². The first-order chi connectivity index (χ1) is 6.60. The highest BCUT2D eigenvalue weighted by Gasteiger charge is 2.39. The summed E-state index contributed by atoms with van der Waals surface area (Å²) in [6, 6.07) is 0. The van der Waals surface area contributed by atoms with E-state index in [4.69, 9.17) is 0 Å². The molecule has 4 heteroatoms. The van der Waals surface area contributed by atoms with Crippen molar-refractivity contribution in [3.63, 3.8) is 0 Å². The van der Waals surface area contributed by atoms with Crippen LogP contribution < -0.4 is 10.7 Å². The molecule has 1 amide bonds. The molecule has 1 atom stereocenters. The maximum atomic E-state index is 12.0. The van der Waals surface area contributed by atoms with Crippen molar-refractivity contribution in [2.24, 2.45) is 0 Å². The third-order valence-electron chi connectivity index (χ3n) is 2.68. The molecule has 14 heavy (non-hydrogen) atoms. The Morgan fingerprint density at radius 2 is 2.29 bits per heavy atom. The lowest BCUT2D eigenvalue weighted by molar-refractivity contribution is -0.131. The lowest BCUT2D eigenvalue weighted by Crippen LogP contribution is -2.56. The molecule has 1 heterocycles. The van der Waals surface area contributed by atoms with Gasteiger partial charge in [-0.1, -0.05) is 13.3 Å². The predicted molar refractivity (Wildman–Crippen MR) is 56.7 cm³/mol. The average Bonchev–Trinajstić information content (AvgIpc) is 2.53. The zero-order chi connectivity index (χ0) is 10.6. The first kappa shape index (κ1) is 11.5. The molecular formula is C10H21N3O. The van der Waals surface area contributed by atoms with Crippen molar-refractivity contribution < 1.29 is 4.79 Å². The largest absolute Gasteiger partial charge is 0.303 e. The Hall–Kier alpha value is -0.610. The highest BCUT2D eigenvalue weighted by atomic mass is 16.2. The fourth-order valence-electron chi connectivity index (χ4n) is 2.06. The first-order valence-electron chi connectivity index (χ1n) is 5.34. The predicted octanol–water partition coefficient (Wildman–Crippen LogP) is 0.501. The van der Waals surface area contributed by atoms with Gasteiger partial charge in [-0.2, -0.15) is 0 Å². The number of amides is 1. The van der Waals surface area contributed by atoms with E-state index < -0.39 is 0 Å². The highest BCUT2D eigenvalue weighted by Crippen LogP contribution is 2.24. The topological polar surface area (TPSA) is 44.4 Å². The molecule has 0 aromatic carbocycles. The number of hydrazine groups is 1. The van der Waals surface area contributed by atoms with Crippen LogP contribution in [0.15, 0.2) is 0 Å². The third kappa shape index (κ3) is 2.45. The van der Waals surface area contributed by atoms with Crippen LogP contribution in [0.1, 0.15) is 32.6 Å². The summed E-state index contributed by atoms with van der Waals surface area (Å²) in [4.78, 5) is 12.0. The summed E-state index contributed by atoms with van der Waals surface area (Å²) in [5.74, 6) is 0.113. The minimum atomic E-state index is -0.307. The number of hydrogen-bond acceptors (Lipinski definition) is 3. The molecule has 4 nitrogen and oxygen atoms in total. The molecule has 0 spiro atoms. The SMILES string of the molecule is CCCC1(C(=O)NN(C)C)CCCN1. The summed E-state index contributed by atoms with van der Waals surface area (Å²) in [6.07, 6.45) is 4.02. The second kappa shape index (κ2) is 4.75. The van der Waals surface area contributed by atoms with Gasteiger partial charge in [-0.3, -0.25) is 10.2 Å². The van der Waals surface area contributed by atoms with Crippen LogP contribution in [0.25, 0.3) is 0 Å². The van der Waals surface area contributed by atoms with Gasteiger partial charge in [-0.05, 0) is 25.8 Å². The molecule has 0 radical (unpaired) electrons. The molecule has 1 rings (SSSR count). The molecule has 0 saturated carbocycles. The fourth-order valence-corrected chi connectivity index (χ4v) is 2.06. The zero-order valence-electron chi connectivity index (χ0n) is 9.39. The Balaban J connectivity index is 2.62. The van der Waals surface area contributed by atoms with Crippen molar-refractivity contribution >= 4 is 5.91 Å². The van der Waals surface area contributed by atoms with Crippen molar-refractivity contribution in [3.8, 4) is 0 Å². The molecule has 82 valence electrons. The van der Waals surface area contributed by atoms with Gasteiger partial charge in [-0.15, -0.1) is 0 Å². The van der Waals surface area contributed by atoms with E-state index in [1.807, 2.05) is 14.1 Å². The molecule has 1 fully saturated rings. The molecule has 1 aliphatic heterocycles. The van der Waals surface area contributed by atoms with Gasteiger partial charge in [0.15, 0.2) is 0 Å². The van der Waals surface area contributed by atoms with Gasteiger partial charge in [0, 0.05) is 14.1 Å². The Morgan fingerprint density at radius 1 is 1.57 bits per heavy atom. The smallest absolute Gasteiger partial charge is 0.254 e. The van der Waals surface area contributed by atoms with E-state index in [0.29, 0.717) is 0 Å². The Labute approximate surface area is 86.0 Å². The van der Waals surface area contributed by atoms with Crippen molar-refractivity contribution in [3.05, 3.63) is 0 Å². The van der Waals surface area contributed by atoms with Gasteiger partial charge < -0.3 is 5.32 Å². The highest BCUT2D eigenvalue weighted by molar-refractivity contribution is 5.86. The molecular weight excluding hydrogens is 178 g/mol. The quantitative estimate of drug-likeness (QED) is 0.648. The fraction of sp³-hybridized carbons (Fsp3) is 0.900. The summed E-state index contributed by atoms with van der Waals surface area (Å²) in [5.41, 5.74) is 2.54. The van der Waals surface area contributed by atoms with Crippen molar-refractivity contribution in [1.82, 2.24) is 15.8 Å². The molecule has 0 aliphatic carbocycles. The van der Waals surface area contributed by atoms with Gasteiger partial charge >= 0.3 is 0 Å². The molecule has 1 aliphatic rings. The number of nitrogens with zero attached hydrogens (tertiary/aromatic N) is 1. The first-order valence-corrected chi connectivity index (χ1v) is 5.34. The Kier molecular flexibility index (Phi) is 3.89. The summed E-state index contributed by atoms with van der Waals surface area (Å²) in [6.45, 7) is 3.07. The van der Waals surface area contributed by atoms with Gasteiger partial charge in [0.1, 0.15) is 0 Å². The Morgan fingerprint density at radius 3 is 2.71 bits per heavy atom. The van der Waals surface area contributed by atoms with E-state index >= 15 is 0 Å². The maximum absolute atomic E-state index is 12.0. The molecule has 0 bridgehead atoms. The molecule has 1 saturated heterocycles. The van der Waals surface area contributed by atoms with Crippen LogP contribution in [-0.2, 0) is 4.79 Å². The number of rotatable bonds is 4. The molecule has 0 aromatic rings. The van der Waals surface area contributed by atoms with Crippen molar-refractivity contribution in [1.29, 1.82) is 0 Å². The third-order valence-corrected chi connectivity index (χ3v) is 2.68. The Bertz CT molecular complexity index is 198. The summed E-state index contributed by atoms with van der Waals surface area (Å²) in [5, 5.41) is 5.05. The van der Waals surface area contributed by atoms with Crippen LogP contribution in [0.4, 0.5) is 0 Å². The van der Waals surface area contributed by atoms with E-state index in [9.17, 15) is 4.79 Å². The van der Waals surface area contributed by atoms with Crippen LogP contribution in [0.5, 0.6) is 0 Å². The number of nitrogens with one attached hydrogen (secondary N) is 2. The van der Waals surface area contributed by atoms with Crippen LogP contribution >= 0.6 is 0 Å². The van der Waals surface area contributed by atoms with Crippen molar-refractivity contribution in [2.45, 2.75) is 38.1 Å². The molecule has 1 unspecified atom stereocenters. The summed E-state index contributed by atoms with van der Waals surface area (Å²) >= 11 is 0. The average molecular weight is 199 g/mol. The minimum absolute atomic E-state index is 0.113. The standard InChI is InChI=1S/C10H21N3O/c1-4-6-10(7-5-8-11-10)9(14)12-13(2)3/h11H,4-8H2,1-3H3,(H,12,14). The lowest BCUT2D eigenvalue weighted by Gasteiger charge is -2.29. The molecule has 2 N–H and O–H groups in total. The van der Waals surface area contributed by atoms with Gasteiger partial charge in [0.05, 0.1) is 5.54 Å². The summed E-state index contributed by atoms with van der Waals surface area (Å²) in [7, 11) is 3.68. The van der Waals surface area contributed by atoms with Crippen molar-refractivity contribution in [2.75, 3.05) is 20.6 Å². The second-order valence-corrected chi connectivity index (χ2v) is 4.20. The lowest BCUT2D eigenvalue weighted by atomic mass is 9.91. The second-order valence-electron chi connectivity index (χ2n) is 4.20. The van der Waals surface area contributed by atoms with E-state index in [1.165, 1.54) is 0 Å².